The zero-order valence-electron chi connectivity index (χ0n) is 11.6. The van der Waals surface area contributed by atoms with Crippen molar-refractivity contribution in [3.63, 3.8) is 0 Å². The van der Waals surface area contributed by atoms with E-state index in [1.807, 2.05) is 42.5 Å². The summed E-state index contributed by atoms with van der Waals surface area (Å²) < 4.78 is 0. The summed E-state index contributed by atoms with van der Waals surface area (Å²) in [7, 11) is 0. The van der Waals surface area contributed by atoms with Crippen molar-refractivity contribution in [2.75, 3.05) is 0 Å². The molecule has 2 aromatic rings. The first-order chi connectivity index (χ1) is 10.2. The van der Waals surface area contributed by atoms with Gasteiger partial charge in [0.1, 0.15) is 0 Å². The second kappa shape index (κ2) is 7.67. The van der Waals surface area contributed by atoms with Gasteiger partial charge in [-0.25, -0.2) is 4.79 Å². The fourth-order valence-electron chi connectivity index (χ4n) is 1.93. The number of nitrogens with one attached hydrogen (secondary N) is 2. The third kappa shape index (κ3) is 4.77. The van der Waals surface area contributed by atoms with Gasteiger partial charge in [0.05, 0.1) is 0 Å². The van der Waals surface area contributed by atoms with Gasteiger partial charge in [0.25, 0.3) is 0 Å². The summed E-state index contributed by atoms with van der Waals surface area (Å²) in [5, 5.41) is 6.23. The van der Waals surface area contributed by atoms with E-state index < -0.39 is 0 Å². The van der Waals surface area contributed by atoms with Crippen LogP contribution in [0.1, 0.15) is 16.7 Å². The van der Waals surface area contributed by atoms with Crippen LogP contribution in [0.15, 0.2) is 48.5 Å². The molecule has 0 aliphatic heterocycles. The summed E-state index contributed by atoms with van der Waals surface area (Å²) >= 11 is 6.03. The first-order valence-electron chi connectivity index (χ1n) is 6.72. The Morgan fingerprint density at radius 2 is 1.71 bits per heavy atom. The highest BCUT2D eigenvalue weighted by Crippen LogP contribution is 2.14. The van der Waals surface area contributed by atoms with E-state index in [1.165, 1.54) is 0 Å². The molecule has 0 aliphatic carbocycles. The number of nitrogens with two attached hydrogens (primary N) is 1. The van der Waals surface area contributed by atoms with E-state index >= 15 is 0 Å². The van der Waals surface area contributed by atoms with Gasteiger partial charge in [-0.1, -0.05) is 54.1 Å². The zero-order chi connectivity index (χ0) is 15.1. The lowest BCUT2D eigenvalue weighted by Crippen LogP contribution is -2.34. The molecule has 2 rings (SSSR count). The number of carbonyl (C=O) groups is 1. The number of halogens is 1. The average molecular weight is 304 g/mol. The molecular weight excluding hydrogens is 286 g/mol. The van der Waals surface area contributed by atoms with E-state index in [1.54, 1.807) is 6.07 Å². The highest BCUT2D eigenvalue weighted by molar-refractivity contribution is 6.31. The van der Waals surface area contributed by atoms with Gasteiger partial charge < -0.3 is 16.4 Å². The molecule has 0 radical (unpaired) electrons. The maximum atomic E-state index is 11.8. The number of hydrogen-bond acceptors (Lipinski definition) is 2. The van der Waals surface area contributed by atoms with Crippen molar-refractivity contribution in [2.24, 2.45) is 5.73 Å². The van der Waals surface area contributed by atoms with Crippen molar-refractivity contribution < 1.29 is 4.79 Å². The molecule has 0 saturated heterocycles. The number of amides is 2. The highest BCUT2D eigenvalue weighted by atomic mass is 35.5. The number of carbonyl (C=O) groups excluding carboxylic acids is 1. The predicted molar refractivity (Wildman–Crippen MR) is 84.9 cm³/mol. The van der Waals surface area contributed by atoms with Crippen molar-refractivity contribution >= 4 is 17.6 Å². The maximum Gasteiger partial charge on any atom is 0.315 e. The number of urea groups is 1. The van der Waals surface area contributed by atoms with Crippen molar-refractivity contribution in [3.05, 3.63) is 70.2 Å². The van der Waals surface area contributed by atoms with Crippen LogP contribution in [0.5, 0.6) is 0 Å². The fourth-order valence-corrected chi connectivity index (χ4v) is 2.13. The summed E-state index contributed by atoms with van der Waals surface area (Å²) in [5.41, 5.74) is 8.54. The molecule has 21 heavy (non-hydrogen) atoms. The quantitative estimate of drug-likeness (QED) is 0.795. The van der Waals surface area contributed by atoms with E-state index in [0.29, 0.717) is 24.7 Å². The molecule has 0 saturated carbocycles. The van der Waals surface area contributed by atoms with Crippen LogP contribution in [0.25, 0.3) is 0 Å². The van der Waals surface area contributed by atoms with Gasteiger partial charge in [0.15, 0.2) is 0 Å². The normalized spacial score (nSPS) is 10.2. The summed E-state index contributed by atoms with van der Waals surface area (Å²) in [6.07, 6.45) is 0. The van der Waals surface area contributed by atoms with Crippen LogP contribution in [0, 0.1) is 0 Å². The Morgan fingerprint density at radius 3 is 2.48 bits per heavy atom. The van der Waals surface area contributed by atoms with E-state index in [-0.39, 0.29) is 6.03 Å². The molecule has 0 atom stereocenters. The molecule has 4 N–H and O–H groups in total. The second-order valence-electron chi connectivity index (χ2n) is 4.65. The highest BCUT2D eigenvalue weighted by Gasteiger charge is 2.03. The summed E-state index contributed by atoms with van der Waals surface area (Å²) in [4.78, 5) is 11.8. The van der Waals surface area contributed by atoms with Crippen LogP contribution in [-0.4, -0.2) is 6.03 Å². The average Bonchev–Trinajstić information content (AvgIpc) is 2.52. The molecule has 0 unspecified atom stereocenters. The van der Waals surface area contributed by atoms with E-state index in [0.717, 1.165) is 16.7 Å². The topological polar surface area (TPSA) is 67.1 Å². The lowest BCUT2D eigenvalue weighted by Gasteiger charge is -2.09. The molecular formula is C16H18ClN3O. The van der Waals surface area contributed by atoms with Crippen molar-refractivity contribution in [3.8, 4) is 0 Å². The van der Waals surface area contributed by atoms with Crippen molar-refractivity contribution in [2.45, 2.75) is 19.6 Å². The molecule has 2 amide bonds. The fraction of sp³-hybridized carbons (Fsp3) is 0.188. The lowest BCUT2D eigenvalue weighted by atomic mass is 10.1. The minimum absolute atomic E-state index is 0.229. The Kier molecular flexibility index (Phi) is 5.60. The lowest BCUT2D eigenvalue weighted by molar-refractivity contribution is 0.240. The van der Waals surface area contributed by atoms with Crippen LogP contribution >= 0.6 is 11.6 Å². The Morgan fingerprint density at radius 1 is 1.00 bits per heavy atom. The van der Waals surface area contributed by atoms with E-state index in [9.17, 15) is 4.79 Å². The monoisotopic (exact) mass is 303 g/mol. The van der Waals surface area contributed by atoms with E-state index in [4.69, 9.17) is 17.3 Å². The molecule has 0 bridgehead atoms. The molecule has 0 aromatic heterocycles. The van der Waals surface area contributed by atoms with Crippen LogP contribution < -0.4 is 16.4 Å². The zero-order valence-corrected chi connectivity index (χ0v) is 12.4. The van der Waals surface area contributed by atoms with Gasteiger partial charge in [-0.05, 0) is 22.8 Å². The van der Waals surface area contributed by atoms with Crippen LogP contribution in [0.3, 0.4) is 0 Å². The molecule has 0 fully saturated rings. The van der Waals surface area contributed by atoms with Crippen molar-refractivity contribution in [1.82, 2.24) is 10.6 Å². The summed E-state index contributed by atoms with van der Waals surface area (Å²) in [5.74, 6) is 0. The van der Waals surface area contributed by atoms with Gasteiger partial charge in [0.2, 0.25) is 0 Å². The third-order valence-electron chi connectivity index (χ3n) is 3.08. The first-order valence-corrected chi connectivity index (χ1v) is 7.10. The number of hydrogen-bond donors (Lipinski definition) is 3. The third-order valence-corrected chi connectivity index (χ3v) is 3.45. The van der Waals surface area contributed by atoms with Crippen molar-refractivity contribution in [1.29, 1.82) is 0 Å². The Hall–Kier alpha value is -2.04. The molecule has 2 aromatic carbocycles. The molecule has 0 aliphatic rings. The predicted octanol–water partition coefficient (Wildman–Crippen LogP) is 2.80. The standard InChI is InChI=1S/C16H18ClN3O/c17-15-7-2-1-6-14(15)11-20-16(21)19-10-13-5-3-4-12(8-13)9-18/h1-8H,9-11,18H2,(H2,19,20,21). The largest absolute Gasteiger partial charge is 0.334 e. The van der Waals surface area contributed by atoms with Gasteiger partial charge in [-0.2, -0.15) is 0 Å². The Bertz CT molecular complexity index is 616. The van der Waals surface area contributed by atoms with Crippen LogP contribution in [0.4, 0.5) is 4.79 Å². The summed E-state index contributed by atoms with van der Waals surface area (Å²) in [6.45, 7) is 1.35. The summed E-state index contributed by atoms with van der Waals surface area (Å²) in [6, 6.07) is 15.0. The maximum absolute atomic E-state index is 11.8. The molecule has 4 nitrogen and oxygen atoms in total. The molecule has 5 heteroatoms. The van der Waals surface area contributed by atoms with Crippen LogP contribution in [0.2, 0.25) is 5.02 Å². The number of benzene rings is 2. The number of rotatable bonds is 5. The van der Waals surface area contributed by atoms with Gasteiger partial charge >= 0.3 is 6.03 Å². The minimum Gasteiger partial charge on any atom is -0.334 e. The molecule has 0 heterocycles. The van der Waals surface area contributed by atoms with Gasteiger partial charge in [0, 0.05) is 24.7 Å². The molecule has 0 spiro atoms. The SMILES string of the molecule is NCc1cccc(CNC(=O)NCc2ccccc2Cl)c1. The Labute approximate surface area is 129 Å². The van der Waals surface area contributed by atoms with E-state index in [2.05, 4.69) is 10.6 Å². The van der Waals surface area contributed by atoms with Crippen LogP contribution in [-0.2, 0) is 19.6 Å². The second-order valence-corrected chi connectivity index (χ2v) is 5.06. The first kappa shape index (κ1) is 15.4. The van der Waals surface area contributed by atoms with Gasteiger partial charge in [-0.3, -0.25) is 0 Å². The Balaban J connectivity index is 1.81. The minimum atomic E-state index is -0.229. The van der Waals surface area contributed by atoms with Gasteiger partial charge in [-0.15, -0.1) is 0 Å². The smallest absolute Gasteiger partial charge is 0.315 e. The molecule has 110 valence electrons.